The van der Waals surface area contributed by atoms with Crippen molar-refractivity contribution in [2.45, 2.75) is 32.1 Å². The number of rotatable bonds is 12. The Morgan fingerprint density at radius 2 is 1.24 bits per heavy atom. The van der Waals surface area contributed by atoms with Gasteiger partial charge in [-0.3, -0.25) is 4.79 Å². The Morgan fingerprint density at radius 3 is 1.80 bits per heavy atom. The number of hydrogen-bond donors (Lipinski definition) is 0. The number of Topliss-reactive ketones (excluding diaryl/α,β-unsaturated/α-hetero) is 1. The zero-order valence-electron chi connectivity index (χ0n) is 26.0. The minimum atomic E-state index is 0. The Kier molecular flexibility index (Phi) is 15.1. The van der Waals surface area contributed by atoms with Crippen molar-refractivity contribution in [1.82, 2.24) is 0 Å². The Bertz CT molecular complexity index is 1640. The maximum Gasteiger partial charge on any atom is 2.00 e. The molecule has 0 saturated carbocycles. The van der Waals surface area contributed by atoms with Crippen LogP contribution in [0.15, 0.2) is 168 Å². The number of hydrogen-bond acceptors (Lipinski definition) is 4. The molecule has 3 aromatic carbocycles. The SMILES string of the molecule is COc1ccc(C(=O)CCCCCC2=CC(=C([O-])C=Cc3ccccc3)C=C2)cc1.[Fe+2].[O-]C(C=Cc1ccccc1)=C1C=CC=C1. The summed E-state index contributed by atoms with van der Waals surface area (Å²) in [6, 6.07) is 26.9. The molecule has 0 amide bonds. The van der Waals surface area contributed by atoms with E-state index >= 15 is 0 Å². The zero-order valence-corrected chi connectivity index (χ0v) is 27.1. The van der Waals surface area contributed by atoms with E-state index in [1.807, 2.05) is 140 Å². The van der Waals surface area contributed by atoms with E-state index in [1.54, 1.807) is 19.3 Å². The molecule has 5 rings (SSSR count). The summed E-state index contributed by atoms with van der Waals surface area (Å²) in [5, 5.41) is 23.9. The molecular formula is C41H38FeO4. The van der Waals surface area contributed by atoms with Crippen LogP contribution in [0.2, 0.25) is 0 Å². The van der Waals surface area contributed by atoms with Crippen LogP contribution in [-0.2, 0) is 17.1 Å². The van der Waals surface area contributed by atoms with E-state index in [4.69, 9.17) is 4.74 Å². The molecule has 0 atom stereocenters. The predicted molar refractivity (Wildman–Crippen MR) is 181 cm³/mol. The summed E-state index contributed by atoms with van der Waals surface area (Å²) in [6.07, 6.45) is 24.5. The van der Waals surface area contributed by atoms with Gasteiger partial charge in [0.1, 0.15) is 5.75 Å². The molecule has 5 heteroatoms. The Balaban J connectivity index is 0.000000302. The van der Waals surface area contributed by atoms with Gasteiger partial charge in [0.05, 0.1) is 7.11 Å². The summed E-state index contributed by atoms with van der Waals surface area (Å²) in [5.41, 5.74) is 5.43. The predicted octanol–water partition coefficient (Wildman–Crippen LogP) is 8.09. The van der Waals surface area contributed by atoms with Crippen LogP contribution in [0, 0.1) is 0 Å². The quantitative estimate of drug-likeness (QED) is 0.0860. The molecule has 0 aromatic heterocycles. The first kappa shape index (κ1) is 35.6. The normalized spacial score (nSPS) is 14.2. The summed E-state index contributed by atoms with van der Waals surface area (Å²) in [7, 11) is 1.61. The fourth-order valence-electron chi connectivity index (χ4n) is 4.72. The van der Waals surface area contributed by atoms with Gasteiger partial charge < -0.3 is 14.9 Å². The molecule has 0 unspecified atom stereocenters. The van der Waals surface area contributed by atoms with Gasteiger partial charge in [-0.05, 0) is 71.4 Å². The summed E-state index contributed by atoms with van der Waals surface area (Å²) in [6.45, 7) is 0. The number of ketones is 1. The minimum Gasteiger partial charge on any atom is -0.872 e. The van der Waals surface area contributed by atoms with Crippen molar-refractivity contribution in [2.75, 3.05) is 7.11 Å². The molecule has 2 aliphatic carbocycles. The van der Waals surface area contributed by atoms with Gasteiger partial charge in [0.2, 0.25) is 0 Å². The van der Waals surface area contributed by atoms with E-state index in [0.717, 1.165) is 59.3 Å². The second-order valence-corrected chi connectivity index (χ2v) is 10.6. The van der Waals surface area contributed by atoms with Gasteiger partial charge >= 0.3 is 17.1 Å². The maximum absolute atomic E-state index is 12.3. The first-order chi connectivity index (χ1) is 22.0. The number of methoxy groups -OCH3 is 1. The average molecular weight is 651 g/mol. The van der Waals surface area contributed by atoms with Crippen molar-refractivity contribution in [2.24, 2.45) is 0 Å². The van der Waals surface area contributed by atoms with Crippen molar-refractivity contribution in [3.63, 3.8) is 0 Å². The Labute approximate surface area is 283 Å². The molecule has 2 aliphatic rings. The molecule has 0 saturated heterocycles. The summed E-state index contributed by atoms with van der Waals surface area (Å²) >= 11 is 0. The second-order valence-electron chi connectivity index (χ2n) is 10.6. The first-order valence-corrected chi connectivity index (χ1v) is 15.2. The number of benzene rings is 3. The standard InChI is InChI=1S/C27H28O3.C14H12O.Fe/c1-30-25-17-15-23(16-18-25)26(28)11-7-3-6-10-22-12-14-24(20-22)27(29)19-13-21-8-4-2-5-9-21;15-14(13-8-4-5-9-13)11-10-12-6-2-1-3-7-12;/h2,4-5,8-9,12-20,29H,3,6-7,10-11H2,1H3;1-11,15H;/q;;+2/p-2. The summed E-state index contributed by atoms with van der Waals surface area (Å²) in [5.74, 6) is 0.998. The second kappa shape index (κ2) is 19.5. The molecule has 0 radical (unpaired) electrons. The monoisotopic (exact) mass is 650 g/mol. The van der Waals surface area contributed by atoms with Gasteiger partial charge in [-0.2, -0.15) is 0 Å². The van der Waals surface area contributed by atoms with Crippen LogP contribution in [-0.4, -0.2) is 12.9 Å². The number of carbonyl (C=O) groups excluding carboxylic acids is 1. The molecular weight excluding hydrogens is 612 g/mol. The number of allylic oxidation sites excluding steroid dienone is 12. The van der Waals surface area contributed by atoms with Crippen molar-refractivity contribution >= 4 is 17.9 Å². The average Bonchev–Trinajstić information content (AvgIpc) is 3.81. The van der Waals surface area contributed by atoms with Gasteiger partial charge in [0.15, 0.2) is 5.78 Å². The topological polar surface area (TPSA) is 72.4 Å². The van der Waals surface area contributed by atoms with Crippen LogP contribution in [0.25, 0.3) is 12.2 Å². The Morgan fingerprint density at radius 1 is 0.674 bits per heavy atom. The van der Waals surface area contributed by atoms with Crippen LogP contribution in [0.4, 0.5) is 0 Å². The maximum atomic E-state index is 12.3. The van der Waals surface area contributed by atoms with Crippen molar-refractivity contribution < 1.29 is 36.8 Å². The minimum absolute atomic E-state index is 0. The zero-order chi connectivity index (χ0) is 31.7. The number of ether oxygens (including phenoxy) is 1. The molecule has 0 spiro atoms. The van der Waals surface area contributed by atoms with E-state index in [1.165, 1.54) is 5.57 Å². The van der Waals surface area contributed by atoms with Crippen LogP contribution >= 0.6 is 0 Å². The molecule has 3 aromatic rings. The number of unbranched alkanes of at least 4 members (excludes halogenated alkanes) is 2. The van der Waals surface area contributed by atoms with Crippen LogP contribution in [0.3, 0.4) is 0 Å². The summed E-state index contributed by atoms with van der Waals surface area (Å²) in [4.78, 5) is 12.2. The molecule has 0 N–H and O–H groups in total. The van der Waals surface area contributed by atoms with E-state index in [-0.39, 0.29) is 34.4 Å². The van der Waals surface area contributed by atoms with Crippen molar-refractivity contribution in [3.8, 4) is 5.75 Å². The van der Waals surface area contributed by atoms with Gasteiger partial charge in [-0.25, -0.2) is 0 Å². The van der Waals surface area contributed by atoms with Crippen LogP contribution < -0.4 is 14.9 Å². The fourth-order valence-corrected chi connectivity index (χ4v) is 4.72. The van der Waals surface area contributed by atoms with Crippen molar-refractivity contribution in [3.05, 3.63) is 185 Å². The Hall–Kier alpha value is -4.83. The molecule has 0 aliphatic heterocycles. The van der Waals surface area contributed by atoms with E-state index in [0.29, 0.717) is 6.42 Å². The van der Waals surface area contributed by atoms with E-state index in [2.05, 4.69) is 0 Å². The molecule has 0 bridgehead atoms. The molecule has 0 heterocycles. The fraction of sp³-hybridized carbons (Fsp3) is 0.146. The first-order valence-electron chi connectivity index (χ1n) is 15.2. The van der Waals surface area contributed by atoms with Crippen LogP contribution in [0.5, 0.6) is 5.75 Å². The molecule has 46 heavy (non-hydrogen) atoms. The molecule has 234 valence electrons. The third kappa shape index (κ3) is 11.9. The van der Waals surface area contributed by atoms with Gasteiger partial charge in [-0.1, -0.05) is 134 Å². The summed E-state index contributed by atoms with van der Waals surface area (Å²) < 4.78 is 5.12. The van der Waals surface area contributed by atoms with E-state index in [9.17, 15) is 15.0 Å². The van der Waals surface area contributed by atoms with E-state index < -0.39 is 0 Å². The van der Waals surface area contributed by atoms with Crippen LogP contribution in [0.1, 0.15) is 53.6 Å². The van der Waals surface area contributed by atoms with Gasteiger partial charge in [0, 0.05) is 12.0 Å². The third-order valence-electron chi connectivity index (χ3n) is 7.28. The number of carbonyl (C=O) groups is 1. The third-order valence-corrected chi connectivity index (χ3v) is 7.28. The molecule has 4 nitrogen and oxygen atoms in total. The smallest absolute Gasteiger partial charge is 0.872 e. The largest absolute Gasteiger partial charge is 2.00 e. The van der Waals surface area contributed by atoms with Gasteiger partial charge in [-0.15, -0.1) is 11.5 Å². The molecule has 0 fully saturated rings. The van der Waals surface area contributed by atoms with Crippen molar-refractivity contribution in [1.29, 1.82) is 0 Å². The van der Waals surface area contributed by atoms with Gasteiger partial charge in [0.25, 0.3) is 0 Å².